The fraction of sp³-hybridized carbons (Fsp3) is 0. The van der Waals surface area contributed by atoms with Crippen LogP contribution in [0.4, 0.5) is 4.39 Å². The van der Waals surface area contributed by atoms with Crippen molar-refractivity contribution in [3.05, 3.63) is 64.9 Å². The van der Waals surface area contributed by atoms with E-state index in [1.54, 1.807) is 0 Å². The van der Waals surface area contributed by atoms with Crippen LogP contribution < -0.4 is 10.3 Å². The Morgan fingerprint density at radius 3 is 2.48 bits per heavy atom. The average Bonchev–Trinajstić information content (AvgIpc) is 2.45. The van der Waals surface area contributed by atoms with Crippen LogP contribution in [0.15, 0.2) is 53.4 Å². The minimum Gasteiger partial charge on any atom is -0.273 e. The van der Waals surface area contributed by atoms with Crippen molar-refractivity contribution in [2.45, 2.75) is 4.90 Å². The predicted octanol–water partition coefficient (Wildman–Crippen LogP) is 2.10. The molecule has 0 unspecified atom stereocenters. The minimum atomic E-state index is -3.99. The lowest BCUT2D eigenvalue weighted by molar-refractivity contribution is 0.0941. The summed E-state index contributed by atoms with van der Waals surface area (Å²) in [5, 5.41) is 0.235. The largest absolute Gasteiger partial charge is 0.273 e. The number of hydrogen-bond acceptors (Lipinski definition) is 3. The Kier molecular flexibility index (Phi) is 4.56. The van der Waals surface area contributed by atoms with Crippen molar-refractivity contribution in [1.29, 1.82) is 0 Å². The van der Waals surface area contributed by atoms with Crippen LogP contribution in [-0.4, -0.2) is 14.3 Å². The molecule has 0 fully saturated rings. The van der Waals surface area contributed by atoms with Crippen LogP contribution in [0.3, 0.4) is 0 Å². The summed E-state index contributed by atoms with van der Waals surface area (Å²) >= 11 is 5.70. The van der Waals surface area contributed by atoms with Gasteiger partial charge in [-0.2, -0.15) is 0 Å². The van der Waals surface area contributed by atoms with E-state index in [1.807, 2.05) is 10.3 Å². The highest BCUT2D eigenvalue weighted by molar-refractivity contribution is 7.89. The minimum absolute atomic E-state index is 0.121. The van der Waals surface area contributed by atoms with Crippen molar-refractivity contribution in [3.8, 4) is 0 Å². The molecule has 0 radical (unpaired) electrons. The predicted molar refractivity (Wildman–Crippen MR) is 75.6 cm³/mol. The molecule has 0 aliphatic carbocycles. The Morgan fingerprint density at radius 2 is 1.81 bits per heavy atom. The summed E-state index contributed by atoms with van der Waals surface area (Å²) in [6.45, 7) is 0. The molecule has 2 aromatic carbocycles. The first-order valence-corrected chi connectivity index (χ1v) is 7.58. The molecule has 8 heteroatoms. The number of sulfonamides is 1. The zero-order valence-corrected chi connectivity index (χ0v) is 12.1. The molecular formula is C13H10ClFN2O3S. The van der Waals surface area contributed by atoms with Crippen LogP contribution in [0, 0.1) is 5.82 Å². The number of hydrazine groups is 1. The Morgan fingerprint density at radius 1 is 1.10 bits per heavy atom. The molecule has 0 saturated heterocycles. The van der Waals surface area contributed by atoms with Gasteiger partial charge < -0.3 is 0 Å². The highest BCUT2D eigenvalue weighted by Gasteiger charge is 2.17. The second-order valence-electron chi connectivity index (χ2n) is 4.00. The topological polar surface area (TPSA) is 75.3 Å². The van der Waals surface area contributed by atoms with E-state index in [0.29, 0.717) is 0 Å². The highest BCUT2D eigenvalue weighted by Crippen LogP contribution is 2.14. The molecule has 5 nitrogen and oxygen atoms in total. The third kappa shape index (κ3) is 3.78. The van der Waals surface area contributed by atoms with E-state index >= 15 is 0 Å². The van der Waals surface area contributed by atoms with Gasteiger partial charge in [0.2, 0.25) is 0 Å². The van der Waals surface area contributed by atoms with Gasteiger partial charge in [0.25, 0.3) is 15.9 Å². The summed E-state index contributed by atoms with van der Waals surface area (Å²) in [6, 6.07) is 10.7. The van der Waals surface area contributed by atoms with Crippen molar-refractivity contribution in [2.24, 2.45) is 0 Å². The van der Waals surface area contributed by atoms with Crippen LogP contribution >= 0.6 is 11.6 Å². The van der Waals surface area contributed by atoms with Crippen molar-refractivity contribution < 1.29 is 17.6 Å². The molecule has 1 amide bonds. The number of amides is 1. The number of nitrogens with one attached hydrogen (secondary N) is 2. The molecule has 0 aromatic heterocycles. The first-order valence-electron chi connectivity index (χ1n) is 5.72. The van der Waals surface area contributed by atoms with Gasteiger partial charge in [-0.1, -0.05) is 29.8 Å². The zero-order valence-electron chi connectivity index (χ0n) is 10.5. The average molecular weight is 329 g/mol. The Balaban J connectivity index is 2.12. The van der Waals surface area contributed by atoms with Gasteiger partial charge in [-0.25, -0.2) is 12.8 Å². The summed E-state index contributed by atoms with van der Waals surface area (Å²) in [5.41, 5.74) is 1.67. The van der Waals surface area contributed by atoms with Crippen molar-refractivity contribution in [1.82, 2.24) is 10.3 Å². The van der Waals surface area contributed by atoms with Gasteiger partial charge in [-0.3, -0.25) is 10.2 Å². The lowest BCUT2D eigenvalue weighted by atomic mass is 10.2. The molecular weight excluding hydrogens is 319 g/mol. The Hall–Kier alpha value is -1.96. The van der Waals surface area contributed by atoms with Crippen LogP contribution in [0.2, 0.25) is 5.02 Å². The molecule has 0 heterocycles. The second-order valence-corrected chi connectivity index (χ2v) is 6.12. The van der Waals surface area contributed by atoms with E-state index in [9.17, 15) is 17.6 Å². The third-order valence-corrected chi connectivity index (χ3v) is 4.00. The number of hydrogen-bond donors (Lipinski definition) is 2. The van der Waals surface area contributed by atoms with Gasteiger partial charge in [0, 0.05) is 5.02 Å². The number of benzene rings is 2. The highest BCUT2D eigenvalue weighted by atomic mass is 35.5. The van der Waals surface area contributed by atoms with Crippen molar-refractivity contribution in [2.75, 3.05) is 0 Å². The zero-order chi connectivity index (χ0) is 15.5. The number of carbonyl (C=O) groups is 1. The molecule has 0 aliphatic rings. The van der Waals surface area contributed by atoms with E-state index in [-0.39, 0.29) is 15.5 Å². The number of rotatable bonds is 4. The fourth-order valence-corrected chi connectivity index (χ4v) is 2.66. The molecule has 2 aromatic rings. The normalized spacial score (nSPS) is 11.1. The monoisotopic (exact) mass is 328 g/mol. The van der Waals surface area contributed by atoms with Crippen molar-refractivity contribution >= 4 is 27.5 Å². The van der Waals surface area contributed by atoms with Gasteiger partial charge in [0.15, 0.2) is 0 Å². The number of carbonyl (C=O) groups excluding carboxylic acids is 1. The quantitative estimate of drug-likeness (QED) is 0.844. The first kappa shape index (κ1) is 15.4. The molecule has 0 bridgehead atoms. The van der Waals surface area contributed by atoms with Gasteiger partial charge in [0.1, 0.15) is 5.82 Å². The molecule has 2 N–H and O–H groups in total. The Labute approximate surface area is 125 Å². The van der Waals surface area contributed by atoms with Gasteiger partial charge in [-0.05, 0) is 30.3 Å². The van der Waals surface area contributed by atoms with Gasteiger partial charge in [-0.15, -0.1) is 4.83 Å². The summed E-state index contributed by atoms with van der Waals surface area (Å²) < 4.78 is 37.2. The smallest absolute Gasteiger partial charge is 0.269 e. The molecule has 0 aliphatic heterocycles. The van der Waals surface area contributed by atoms with Crippen LogP contribution in [-0.2, 0) is 10.0 Å². The van der Waals surface area contributed by atoms with E-state index in [2.05, 4.69) is 0 Å². The maximum atomic E-state index is 13.4. The van der Waals surface area contributed by atoms with Gasteiger partial charge >= 0.3 is 0 Å². The standard InChI is InChI=1S/C13H10ClFN2O3S/c14-9-4-3-5-10(8-9)21(19,20)17-16-13(18)11-6-1-2-7-12(11)15/h1-8,17H,(H,16,18). The fourth-order valence-electron chi connectivity index (χ4n) is 1.52. The first-order chi connectivity index (χ1) is 9.90. The van der Waals surface area contributed by atoms with E-state index in [4.69, 9.17) is 11.6 Å². The molecule has 0 atom stereocenters. The summed E-state index contributed by atoms with van der Waals surface area (Å²) in [6.07, 6.45) is 0. The van der Waals surface area contributed by atoms with E-state index in [0.717, 1.165) is 6.07 Å². The summed E-state index contributed by atoms with van der Waals surface area (Å²) in [7, 11) is -3.99. The SMILES string of the molecule is O=C(NNS(=O)(=O)c1cccc(Cl)c1)c1ccccc1F. The molecule has 2 rings (SSSR count). The van der Waals surface area contributed by atoms with Crippen LogP contribution in [0.5, 0.6) is 0 Å². The lowest BCUT2D eigenvalue weighted by Crippen LogP contribution is -2.41. The molecule has 21 heavy (non-hydrogen) atoms. The summed E-state index contributed by atoms with van der Waals surface area (Å²) in [4.78, 5) is 13.5. The second kappa shape index (κ2) is 6.21. The van der Waals surface area contributed by atoms with Gasteiger partial charge in [0.05, 0.1) is 10.5 Å². The lowest BCUT2D eigenvalue weighted by Gasteiger charge is -2.09. The van der Waals surface area contributed by atoms with E-state index in [1.165, 1.54) is 42.5 Å². The molecule has 0 saturated carbocycles. The van der Waals surface area contributed by atoms with Crippen molar-refractivity contribution in [3.63, 3.8) is 0 Å². The molecule has 110 valence electrons. The third-order valence-electron chi connectivity index (χ3n) is 2.52. The maximum absolute atomic E-state index is 13.4. The maximum Gasteiger partial charge on any atom is 0.269 e. The van der Waals surface area contributed by atoms with Crippen LogP contribution in [0.25, 0.3) is 0 Å². The summed E-state index contributed by atoms with van der Waals surface area (Å²) in [5.74, 6) is -1.66. The molecule has 0 spiro atoms. The Bertz CT molecular complexity index is 780. The van der Waals surface area contributed by atoms with Crippen LogP contribution in [0.1, 0.15) is 10.4 Å². The van der Waals surface area contributed by atoms with E-state index < -0.39 is 21.7 Å². The number of halogens is 2.